The van der Waals surface area contributed by atoms with Crippen molar-refractivity contribution in [3.8, 4) is 0 Å². The molecular formula is C10H16O3S. The van der Waals surface area contributed by atoms with Crippen molar-refractivity contribution in [2.24, 2.45) is 23.7 Å². The molecule has 4 heteroatoms. The SMILES string of the molecule is CC1CC2CC1C1CC1OS(=O)(=O)C2. The van der Waals surface area contributed by atoms with Crippen molar-refractivity contribution in [2.75, 3.05) is 5.75 Å². The molecule has 5 unspecified atom stereocenters. The summed E-state index contributed by atoms with van der Waals surface area (Å²) in [6.45, 7) is 2.26. The van der Waals surface area contributed by atoms with E-state index >= 15 is 0 Å². The number of hydrogen-bond acceptors (Lipinski definition) is 3. The quantitative estimate of drug-likeness (QED) is 0.575. The lowest BCUT2D eigenvalue weighted by Gasteiger charge is -2.17. The third-order valence-corrected chi connectivity index (χ3v) is 5.50. The van der Waals surface area contributed by atoms with Gasteiger partial charge in [0.15, 0.2) is 0 Å². The molecule has 80 valence electrons. The first-order valence-corrected chi connectivity index (χ1v) is 7.04. The summed E-state index contributed by atoms with van der Waals surface area (Å²) in [5.74, 6) is 2.61. The van der Waals surface area contributed by atoms with E-state index in [1.807, 2.05) is 0 Å². The average Bonchev–Trinajstić information content (AvgIpc) is 2.64. The van der Waals surface area contributed by atoms with Crippen molar-refractivity contribution in [2.45, 2.75) is 32.3 Å². The number of fused-ring (bicyclic) bond motifs is 4. The van der Waals surface area contributed by atoms with Crippen molar-refractivity contribution in [1.29, 1.82) is 0 Å². The summed E-state index contributed by atoms with van der Waals surface area (Å²) in [5.41, 5.74) is 0. The molecule has 0 radical (unpaired) electrons. The second kappa shape index (κ2) is 2.73. The summed E-state index contributed by atoms with van der Waals surface area (Å²) in [4.78, 5) is 0. The smallest absolute Gasteiger partial charge is 0.266 e. The van der Waals surface area contributed by atoms with Crippen LogP contribution < -0.4 is 0 Å². The molecule has 1 heterocycles. The van der Waals surface area contributed by atoms with Crippen LogP contribution in [0.3, 0.4) is 0 Å². The summed E-state index contributed by atoms with van der Waals surface area (Å²) in [6.07, 6.45) is 3.20. The van der Waals surface area contributed by atoms with Crippen LogP contribution in [0.2, 0.25) is 0 Å². The second-order valence-corrected chi connectivity index (χ2v) is 6.88. The van der Waals surface area contributed by atoms with Crippen molar-refractivity contribution >= 4 is 10.1 Å². The van der Waals surface area contributed by atoms with Crippen LogP contribution in [0.4, 0.5) is 0 Å². The third kappa shape index (κ3) is 1.39. The first-order valence-electron chi connectivity index (χ1n) is 5.46. The van der Waals surface area contributed by atoms with Crippen LogP contribution in [0.25, 0.3) is 0 Å². The molecule has 3 nitrogen and oxygen atoms in total. The molecule has 0 aromatic rings. The molecule has 2 saturated carbocycles. The maximum absolute atomic E-state index is 11.5. The Morgan fingerprint density at radius 3 is 2.71 bits per heavy atom. The van der Waals surface area contributed by atoms with E-state index in [1.54, 1.807) is 0 Å². The zero-order chi connectivity index (χ0) is 9.92. The lowest BCUT2D eigenvalue weighted by atomic mass is 9.93. The lowest BCUT2D eigenvalue weighted by Crippen LogP contribution is -2.21. The Morgan fingerprint density at radius 1 is 1.14 bits per heavy atom. The average molecular weight is 216 g/mol. The molecule has 3 aliphatic rings. The highest BCUT2D eigenvalue weighted by molar-refractivity contribution is 7.86. The predicted octanol–water partition coefficient (Wildman–Crippen LogP) is 1.40. The molecule has 1 aliphatic heterocycles. The van der Waals surface area contributed by atoms with Gasteiger partial charge in [0.1, 0.15) is 0 Å². The molecule has 0 aromatic heterocycles. The highest BCUT2D eigenvalue weighted by Crippen LogP contribution is 2.53. The Kier molecular flexibility index (Phi) is 1.78. The van der Waals surface area contributed by atoms with Crippen molar-refractivity contribution in [3.63, 3.8) is 0 Å². The van der Waals surface area contributed by atoms with Gasteiger partial charge in [-0.05, 0) is 42.9 Å². The molecule has 3 fully saturated rings. The van der Waals surface area contributed by atoms with E-state index in [-0.39, 0.29) is 11.9 Å². The van der Waals surface area contributed by atoms with Crippen molar-refractivity contribution in [1.82, 2.24) is 0 Å². The molecule has 14 heavy (non-hydrogen) atoms. The van der Waals surface area contributed by atoms with Gasteiger partial charge in [0, 0.05) is 0 Å². The normalized spacial score (nSPS) is 54.5. The number of hydrogen-bond donors (Lipinski definition) is 0. The first kappa shape index (κ1) is 9.16. The second-order valence-electron chi connectivity index (χ2n) is 5.24. The van der Waals surface area contributed by atoms with Crippen LogP contribution in [0.15, 0.2) is 0 Å². The molecule has 0 amide bonds. The maximum Gasteiger partial charge on any atom is 0.267 e. The van der Waals surface area contributed by atoms with E-state index in [4.69, 9.17) is 4.18 Å². The minimum absolute atomic E-state index is 0.0338. The van der Waals surface area contributed by atoms with Gasteiger partial charge >= 0.3 is 0 Å². The fourth-order valence-corrected chi connectivity index (χ4v) is 4.94. The van der Waals surface area contributed by atoms with E-state index in [0.29, 0.717) is 17.8 Å². The largest absolute Gasteiger partial charge is 0.267 e. The van der Waals surface area contributed by atoms with Crippen molar-refractivity contribution in [3.05, 3.63) is 0 Å². The Hall–Kier alpha value is -0.0900. The highest BCUT2D eigenvalue weighted by atomic mass is 32.2. The molecule has 2 bridgehead atoms. The van der Waals surface area contributed by atoms with Crippen molar-refractivity contribution < 1.29 is 12.6 Å². The summed E-state index contributed by atoms with van der Waals surface area (Å²) < 4.78 is 28.2. The van der Waals surface area contributed by atoms with E-state index in [0.717, 1.165) is 25.2 Å². The van der Waals surface area contributed by atoms with Gasteiger partial charge in [-0.2, -0.15) is 8.42 Å². The van der Waals surface area contributed by atoms with Gasteiger partial charge in [-0.15, -0.1) is 0 Å². The topological polar surface area (TPSA) is 43.4 Å². The van der Waals surface area contributed by atoms with Crippen LogP contribution in [-0.2, 0) is 14.3 Å². The first-order chi connectivity index (χ1) is 6.55. The molecule has 0 aromatic carbocycles. The molecule has 0 spiro atoms. The van der Waals surface area contributed by atoms with Gasteiger partial charge in [0.2, 0.25) is 0 Å². The van der Waals surface area contributed by atoms with Crippen LogP contribution in [-0.4, -0.2) is 20.3 Å². The van der Waals surface area contributed by atoms with Crippen LogP contribution in [0.1, 0.15) is 26.2 Å². The summed E-state index contributed by atoms with van der Waals surface area (Å²) >= 11 is 0. The van der Waals surface area contributed by atoms with E-state index in [1.165, 1.54) is 0 Å². The maximum atomic E-state index is 11.5. The van der Waals surface area contributed by atoms with Crippen LogP contribution >= 0.6 is 0 Å². The minimum Gasteiger partial charge on any atom is -0.266 e. The Morgan fingerprint density at radius 2 is 1.93 bits per heavy atom. The Bertz CT molecular complexity index is 348. The minimum atomic E-state index is -3.21. The van der Waals surface area contributed by atoms with Gasteiger partial charge in [0.25, 0.3) is 10.1 Å². The third-order valence-electron chi connectivity index (χ3n) is 4.08. The Balaban J connectivity index is 1.90. The zero-order valence-electron chi connectivity index (χ0n) is 8.35. The van der Waals surface area contributed by atoms with E-state index < -0.39 is 10.1 Å². The van der Waals surface area contributed by atoms with Gasteiger partial charge in [-0.3, -0.25) is 4.18 Å². The molecular weight excluding hydrogens is 200 g/mol. The standard InChI is InChI=1S/C10H16O3S/c1-6-2-7-3-8(6)9-4-10(9)13-14(11,12)5-7/h6-10H,2-5H2,1H3. The Labute approximate surface area is 85.0 Å². The lowest BCUT2D eigenvalue weighted by molar-refractivity contribution is 0.241. The molecule has 1 saturated heterocycles. The van der Waals surface area contributed by atoms with Crippen LogP contribution in [0, 0.1) is 23.7 Å². The van der Waals surface area contributed by atoms with E-state index in [2.05, 4.69) is 6.92 Å². The number of rotatable bonds is 0. The molecule has 5 atom stereocenters. The van der Waals surface area contributed by atoms with Gasteiger partial charge in [-0.1, -0.05) is 6.92 Å². The monoisotopic (exact) mass is 216 g/mol. The molecule has 0 N–H and O–H groups in total. The van der Waals surface area contributed by atoms with Gasteiger partial charge in [0.05, 0.1) is 11.9 Å². The molecule has 2 aliphatic carbocycles. The fraction of sp³-hybridized carbons (Fsp3) is 1.00. The summed E-state index contributed by atoms with van der Waals surface area (Å²) in [6, 6.07) is 0. The predicted molar refractivity (Wildman–Crippen MR) is 52.1 cm³/mol. The fourth-order valence-electron chi connectivity index (χ4n) is 3.41. The molecule has 3 rings (SSSR count). The van der Waals surface area contributed by atoms with Gasteiger partial charge < -0.3 is 0 Å². The van der Waals surface area contributed by atoms with Crippen LogP contribution in [0.5, 0.6) is 0 Å². The summed E-state index contributed by atoms with van der Waals surface area (Å²) in [5, 5.41) is 0. The summed E-state index contributed by atoms with van der Waals surface area (Å²) in [7, 11) is -3.21. The van der Waals surface area contributed by atoms with E-state index in [9.17, 15) is 8.42 Å². The van der Waals surface area contributed by atoms with Gasteiger partial charge in [-0.25, -0.2) is 0 Å². The highest BCUT2D eigenvalue weighted by Gasteiger charge is 2.53. The zero-order valence-corrected chi connectivity index (χ0v) is 9.16.